The summed E-state index contributed by atoms with van der Waals surface area (Å²) in [5.74, 6) is -1.06. The summed E-state index contributed by atoms with van der Waals surface area (Å²) in [4.78, 5) is 35.2. The molecule has 10 heteroatoms. The van der Waals surface area contributed by atoms with Gasteiger partial charge in [-0.2, -0.15) is 0 Å². The fourth-order valence-corrected chi connectivity index (χ4v) is 2.66. The summed E-state index contributed by atoms with van der Waals surface area (Å²) in [6.45, 7) is 4.28. The molecule has 0 radical (unpaired) electrons. The number of nitrogens with zero attached hydrogens (tertiary/aromatic N) is 2. The first-order chi connectivity index (χ1) is 11.1. The number of carbonyl (C=O) groups excluding carboxylic acids is 2. The predicted molar refractivity (Wildman–Crippen MR) is 86.5 cm³/mol. The number of non-ortho nitro benzene ring substituents is 1. The van der Waals surface area contributed by atoms with Crippen molar-refractivity contribution in [1.82, 2.24) is 10.2 Å². The quantitative estimate of drug-likeness (QED) is 0.562. The van der Waals surface area contributed by atoms with Gasteiger partial charge in [-0.15, -0.1) is 0 Å². The number of carbonyl (C=O) groups is 2. The van der Waals surface area contributed by atoms with Gasteiger partial charge in [0.15, 0.2) is 9.84 Å². The average Bonchev–Trinajstić information content (AvgIpc) is 2.52. The van der Waals surface area contributed by atoms with Crippen molar-refractivity contribution >= 4 is 27.3 Å². The first-order valence-electron chi connectivity index (χ1n) is 7.15. The highest BCUT2D eigenvalue weighted by Gasteiger charge is 2.20. The molecule has 0 atom stereocenters. The van der Waals surface area contributed by atoms with Gasteiger partial charge in [-0.05, 0) is 19.9 Å². The van der Waals surface area contributed by atoms with E-state index in [2.05, 4.69) is 5.32 Å². The zero-order valence-electron chi connectivity index (χ0n) is 13.6. The molecule has 24 heavy (non-hydrogen) atoms. The second-order valence-corrected chi connectivity index (χ2v) is 7.01. The summed E-state index contributed by atoms with van der Waals surface area (Å²) < 4.78 is 23.2. The van der Waals surface area contributed by atoms with Crippen LogP contribution in [0.5, 0.6) is 0 Å². The van der Waals surface area contributed by atoms with Crippen LogP contribution in [0.2, 0.25) is 0 Å². The maximum Gasteiger partial charge on any atom is 0.271 e. The van der Waals surface area contributed by atoms with E-state index in [1.165, 1.54) is 4.90 Å². The Morgan fingerprint density at radius 1 is 1.21 bits per heavy atom. The van der Waals surface area contributed by atoms with Gasteiger partial charge < -0.3 is 10.2 Å². The molecule has 0 bridgehead atoms. The number of amides is 2. The molecule has 0 saturated heterocycles. The van der Waals surface area contributed by atoms with E-state index in [-0.39, 0.29) is 22.9 Å². The van der Waals surface area contributed by atoms with Crippen LogP contribution in [0.3, 0.4) is 0 Å². The van der Waals surface area contributed by atoms with Crippen LogP contribution in [0.25, 0.3) is 0 Å². The molecule has 2 amide bonds. The summed E-state index contributed by atoms with van der Waals surface area (Å²) in [7, 11) is -3.73. The zero-order chi connectivity index (χ0) is 18.5. The van der Waals surface area contributed by atoms with Gasteiger partial charge in [0.05, 0.1) is 16.4 Å². The number of likely N-dealkylation sites (N-methyl/N-ethyl adjacent to an activating group) is 1. The van der Waals surface area contributed by atoms with Gasteiger partial charge in [0.2, 0.25) is 5.91 Å². The smallest absolute Gasteiger partial charge is 0.271 e. The van der Waals surface area contributed by atoms with Gasteiger partial charge in [-0.3, -0.25) is 19.7 Å². The molecular formula is C14H19N3O6S. The second-order valence-electron chi connectivity index (χ2n) is 4.99. The van der Waals surface area contributed by atoms with Gasteiger partial charge in [0.1, 0.15) is 0 Å². The number of hydrogen-bond donors (Lipinski definition) is 1. The van der Waals surface area contributed by atoms with Crippen LogP contribution >= 0.6 is 0 Å². The van der Waals surface area contributed by atoms with Crippen LogP contribution in [0.4, 0.5) is 5.69 Å². The van der Waals surface area contributed by atoms with Crippen molar-refractivity contribution in [3.63, 3.8) is 0 Å². The molecule has 1 rings (SSSR count). The number of nitro groups is 1. The Balaban J connectivity index is 3.04. The van der Waals surface area contributed by atoms with Gasteiger partial charge in [0.25, 0.3) is 11.6 Å². The minimum absolute atomic E-state index is 0.197. The molecule has 0 aliphatic rings. The Morgan fingerprint density at radius 3 is 2.25 bits per heavy atom. The topological polar surface area (TPSA) is 127 Å². The monoisotopic (exact) mass is 357 g/mol. The molecule has 0 saturated carbocycles. The van der Waals surface area contributed by atoms with E-state index >= 15 is 0 Å². The highest BCUT2D eigenvalue weighted by molar-refractivity contribution is 7.90. The molecule has 132 valence electrons. The molecule has 1 N–H and O–H groups in total. The number of benzene rings is 1. The van der Waals surface area contributed by atoms with Crippen LogP contribution in [0.15, 0.2) is 23.1 Å². The van der Waals surface area contributed by atoms with E-state index in [0.717, 1.165) is 24.5 Å². The predicted octanol–water partition coefficient (Wildman–Crippen LogP) is 0.596. The molecule has 0 unspecified atom stereocenters. The minimum Gasteiger partial charge on any atom is -0.343 e. The number of sulfone groups is 1. The number of hydrogen-bond acceptors (Lipinski definition) is 6. The number of nitro benzene ring substituents is 1. The summed E-state index contributed by atoms with van der Waals surface area (Å²) >= 11 is 0. The lowest BCUT2D eigenvalue weighted by atomic mass is 10.2. The highest BCUT2D eigenvalue weighted by Crippen LogP contribution is 2.20. The molecule has 1 aromatic carbocycles. The van der Waals surface area contributed by atoms with Gasteiger partial charge >= 0.3 is 0 Å². The van der Waals surface area contributed by atoms with E-state index in [0.29, 0.717) is 13.1 Å². The van der Waals surface area contributed by atoms with Crippen LogP contribution in [-0.4, -0.2) is 55.9 Å². The average molecular weight is 357 g/mol. The molecule has 0 aromatic heterocycles. The number of nitrogens with one attached hydrogen (secondary N) is 1. The molecule has 1 aromatic rings. The van der Waals surface area contributed by atoms with E-state index < -0.39 is 26.4 Å². The van der Waals surface area contributed by atoms with E-state index in [4.69, 9.17) is 0 Å². The van der Waals surface area contributed by atoms with E-state index in [1.54, 1.807) is 13.8 Å². The van der Waals surface area contributed by atoms with Gasteiger partial charge in [-0.25, -0.2) is 8.42 Å². The van der Waals surface area contributed by atoms with Crippen LogP contribution in [0.1, 0.15) is 24.2 Å². The van der Waals surface area contributed by atoms with Crippen LogP contribution in [-0.2, 0) is 14.6 Å². The Morgan fingerprint density at radius 2 is 1.79 bits per heavy atom. The Kier molecular flexibility index (Phi) is 6.41. The van der Waals surface area contributed by atoms with Crippen LogP contribution in [0, 0.1) is 10.1 Å². The van der Waals surface area contributed by atoms with Crippen molar-refractivity contribution < 1.29 is 22.9 Å². The lowest BCUT2D eigenvalue weighted by Gasteiger charge is -2.18. The Labute approximate surface area is 139 Å². The third-order valence-corrected chi connectivity index (χ3v) is 4.40. The lowest BCUT2D eigenvalue weighted by molar-refractivity contribution is -0.385. The molecule has 0 spiro atoms. The highest BCUT2D eigenvalue weighted by atomic mass is 32.2. The SMILES string of the molecule is CCN(CC)C(=O)CNC(=O)c1cc([N+](=O)[O-])cc(S(C)(=O)=O)c1. The second kappa shape index (κ2) is 7.86. The first-order valence-corrected chi connectivity index (χ1v) is 9.04. The molecule has 0 heterocycles. The molecule has 0 aliphatic heterocycles. The zero-order valence-corrected chi connectivity index (χ0v) is 14.4. The standard InChI is InChI=1S/C14H19N3O6S/c1-4-16(5-2)13(18)9-15-14(19)10-6-11(17(20)21)8-12(7-10)24(3,22)23/h6-8H,4-5,9H2,1-3H3,(H,15,19). The van der Waals surface area contributed by atoms with Crippen molar-refractivity contribution in [3.8, 4) is 0 Å². The minimum atomic E-state index is -3.73. The van der Waals surface area contributed by atoms with Crippen LogP contribution < -0.4 is 5.32 Å². The molecule has 0 fully saturated rings. The third-order valence-electron chi connectivity index (χ3n) is 3.31. The maximum atomic E-state index is 12.1. The molecular weight excluding hydrogens is 338 g/mol. The van der Waals surface area contributed by atoms with Gasteiger partial charge in [-0.1, -0.05) is 0 Å². The summed E-state index contributed by atoms with van der Waals surface area (Å²) in [5, 5.41) is 13.3. The van der Waals surface area contributed by atoms with Crippen molar-refractivity contribution in [2.45, 2.75) is 18.7 Å². The molecule has 9 nitrogen and oxygen atoms in total. The van der Waals surface area contributed by atoms with E-state index in [9.17, 15) is 28.1 Å². The fraction of sp³-hybridized carbons (Fsp3) is 0.429. The third kappa shape index (κ3) is 5.01. The maximum absolute atomic E-state index is 12.1. The first kappa shape index (κ1) is 19.6. The van der Waals surface area contributed by atoms with Gasteiger partial charge in [0, 0.05) is 37.0 Å². The molecule has 0 aliphatic carbocycles. The summed E-state index contributed by atoms with van der Waals surface area (Å²) in [6, 6.07) is 2.89. The van der Waals surface area contributed by atoms with E-state index in [1.807, 2.05) is 0 Å². The van der Waals surface area contributed by atoms with Crippen molar-refractivity contribution in [2.24, 2.45) is 0 Å². The van der Waals surface area contributed by atoms with Crippen molar-refractivity contribution in [1.29, 1.82) is 0 Å². The Bertz CT molecular complexity index is 756. The van der Waals surface area contributed by atoms with Crippen molar-refractivity contribution in [3.05, 3.63) is 33.9 Å². The normalized spacial score (nSPS) is 11.0. The lowest BCUT2D eigenvalue weighted by Crippen LogP contribution is -2.40. The Hall–Kier alpha value is -2.49. The fourth-order valence-electron chi connectivity index (χ4n) is 1.98. The summed E-state index contributed by atoms with van der Waals surface area (Å²) in [6.07, 6.45) is 0.887. The number of rotatable bonds is 7. The summed E-state index contributed by atoms with van der Waals surface area (Å²) in [5.41, 5.74) is -0.713. The van der Waals surface area contributed by atoms with Crippen molar-refractivity contribution in [2.75, 3.05) is 25.9 Å². The largest absolute Gasteiger partial charge is 0.343 e.